The molecule has 4 nitrogen and oxygen atoms in total. The maximum absolute atomic E-state index is 13.7. The molecule has 2 atom stereocenters. The molecule has 2 rings (SSSR count). The second-order valence-electron chi connectivity index (χ2n) is 7.60. The van der Waals surface area contributed by atoms with Crippen LogP contribution in [-0.4, -0.2) is 54.4 Å². The first-order valence-electron chi connectivity index (χ1n) is 9.04. The van der Waals surface area contributed by atoms with Crippen LogP contribution in [0.5, 0.6) is 0 Å². The predicted octanol–water partition coefficient (Wildman–Crippen LogP) is 6.17. The molecule has 32 heavy (non-hydrogen) atoms. The molecular formula is C16H16Cl4F8N2O2. The van der Waals surface area contributed by atoms with Crippen molar-refractivity contribution in [3.8, 4) is 0 Å². The zero-order valence-corrected chi connectivity index (χ0v) is 18.7. The van der Waals surface area contributed by atoms with Crippen LogP contribution < -0.4 is 0 Å². The summed E-state index contributed by atoms with van der Waals surface area (Å²) >= 11 is 18.9. The third kappa shape index (κ3) is 4.68. The van der Waals surface area contributed by atoms with Crippen molar-refractivity contribution in [1.82, 2.24) is 0 Å². The topological polar surface area (TPSA) is 65.2 Å². The molecule has 2 unspecified atom stereocenters. The van der Waals surface area contributed by atoms with E-state index in [1.807, 2.05) is 0 Å². The lowest BCUT2D eigenvalue weighted by Crippen LogP contribution is -2.62. The highest BCUT2D eigenvalue weighted by Crippen LogP contribution is 2.55. The Balaban J connectivity index is 2.51. The number of hydrogen-bond acceptors (Lipinski definition) is 4. The smallest absolute Gasteiger partial charge is 0.357 e. The van der Waals surface area contributed by atoms with Crippen molar-refractivity contribution in [2.24, 2.45) is 22.0 Å². The van der Waals surface area contributed by atoms with Crippen LogP contribution in [0, 0.1) is 11.8 Å². The predicted molar refractivity (Wildman–Crippen MR) is 103 cm³/mol. The summed E-state index contributed by atoms with van der Waals surface area (Å²) in [7, 11) is 0. The summed E-state index contributed by atoms with van der Waals surface area (Å²) in [6.07, 6.45) is -1.45. The standard InChI is InChI=1S/C16H16Cl4F8N2O2/c17-13(21,22)11(31,14(18,23)24)7-3-1-5-9(7)29-30-10-6-2-4-8(10)12(32,15(19,25)26)16(20,27)28/h7-8,31-32H,1-6H2/b29-9+,30-10+. The number of alkyl halides is 12. The van der Waals surface area contributed by atoms with E-state index in [4.69, 9.17) is 46.4 Å². The lowest BCUT2D eigenvalue weighted by atomic mass is 9.84. The van der Waals surface area contributed by atoms with E-state index in [0.717, 1.165) is 0 Å². The van der Waals surface area contributed by atoms with Crippen LogP contribution in [0.15, 0.2) is 10.2 Å². The van der Waals surface area contributed by atoms with Gasteiger partial charge >= 0.3 is 21.5 Å². The molecule has 2 aliphatic rings. The van der Waals surface area contributed by atoms with E-state index in [-0.39, 0.29) is 25.7 Å². The van der Waals surface area contributed by atoms with Gasteiger partial charge < -0.3 is 10.2 Å². The Morgan fingerprint density at radius 1 is 0.594 bits per heavy atom. The molecule has 0 amide bonds. The number of halogens is 12. The van der Waals surface area contributed by atoms with Crippen LogP contribution in [0.25, 0.3) is 0 Å². The van der Waals surface area contributed by atoms with Crippen LogP contribution in [0.1, 0.15) is 38.5 Å². The molecular weight excluding hydrogens is 546 g/mol. The van der Waals surface area contributed by atoms with Crippen molar-refractivity contribution in [2.75, 3.05) is 0 Å². The van der Waals surface area contributed by atoms with E-state index in [1.165, 1.54) is 0 Å². The fourth-order valence-corrected chi connectivity index (χ4v) is 5.13. The molecule has 0 saturated heterocycles. The highest BCUT2D eigenvalue weighted by atomic mass is 35.5. The summed E-state index contributed by atoms with van der Waals surface area (Å²) in [6.45, 7) is 0. The van der Waals surface area contributed by atoms with Gasteiger partial charge in [0.05, 0.1) is 0 Å². The maximum Gasteiger partial charge on any atom is 0.357 e. The van der Waals surface area contributed by atoms with Crippen molar-refractivity contribution >= 4 is 57.8 Å². The van der Waals surface area contributed by atoms with Gasteiger partial charge in [-0.15, -0.1) is 0 Å². The molecule has 0 bridgehead atoms. The molecule has 0 radical (unpaired) electrons. The van der Waals surface area contributed by atoms with Gasteiger partial charge in [-0.1, -0.05) is 0 Å². The second-order valence-corrected chi connectivity index (χ2v) is 9.49. The molecule has 2 aliphatic carbocycles. The Bertz CT molecular complexity index is 682. The molecule has 186 valence electrons. The van der Waals surface area contributed by atoms with E-state index in [9.17, 15) is 45.3 Å². The molecule has 0 aromatic carbocycles. The normalized spacial score (nSPS) is 27.1. The molecule has 0 aromatic rings. The third-order valence-electron chi connectivity index (χ3n) is 5.70. The van der Waals surface area contributed by atoms with E-state index < -0.39 is 68.8 Å². The lowest BCUT2D eigenvalue weighted by molar-refractivity contribution is -0.232. The maximum atomic E-state index is 13.7. The molecule has 2 N–H and O–H groups in total. The number of nitrogens with zero attached hydrogens (tertiary/aromatic N) is 2. The Kier molecular flexibility index (Phi) is 7.74. The Morgan fingerprint density at radius 2 is 0.844 bits per heavy atom. The first-order valence-corrected chi connectivity index (χ1v) is 10.6. The summed E-state index contributed by atoms with van der Waals surface area (Å²) in [5, 5.41) is 7.44. The van der Waals surface area contributed by atoms with Gasteiger partial charge in [-0.25, -0.2) is 0 Å². The van der Waals surface area contributed by atoms with Gasteiger partial charge in [-0.3, -0.25) is 0 Å². The number of aliphatic hydroxyl groups is 2. The van der Waals surface area contributed by atoms with Crippen molar-refractivity contribution in [2.45, 2.75) is 71.3 Å². The Morgan fingerprint density at radius 3 is 1.06 bits per heavy atom. The van der Waals surface area contributed by atoms with Gasteiger partial charge in [0.2, 0.25) is 11.2 Å². The van der Waals surface area contributed by atoms with E-state index >= 15 is 0 Å². The van der Waals surface area contributed by atoms with E-state index in [1.54, 1.807) is 0 Å². The van der Waals surface area contributed by atoms with E-state index in [2.05, 4.69) is 10.2 Å². The Hall–Kier alpha value is -0.140. The average Bonchev–Trinajstić information content (AvgIpc) is 3.23. The molecule has 0 heterocycles. The fourth-order valence-electron chi connectivity index (χ4n) is 4.04. The number of rotatable bonds is 7. The van der Waals surface area contributed by atoms with Crippen molar-refractivity contribution in [3.05, 3.63) is 0 Å². The molecule has 0 aromatic heterocycles. The molecule has 16 heteroatoms. The van der Waals surface area contributed by atoms with Crippen LogP contribution in [0.4, 0.5) is 35.1 Å². The fraction of sp³-hybridized carbons (Fsp3) is 0.875. The zero-order valence-electron chi connectivity index (χ0n) is 15.7. The highest BCUT2D eigenvalue weighted by Gasteiger charge is 2.73. The van der Waals surface area contributed by atoms with Gasteiger partial charge in [0, 0.05) is 23.3 Å². The summed E-state index contributed by atoms with van der Waals surface area (Å²) in [6, 6.07) is 0. The van der Waals surface area contributed by atoms with Crippen molar-refractivity contribution in [1.29, 1.82) is 0 Å². The summed E-state index contributed by atoms with van der Waals surface area (Å²) in [5.74, 6) is -4.20. The average molecular weight is 562 g/mol. The lowest BCUT2D eigenvalue weighted by Gasteiger charge is -2.39. The summed E-state index contributed by atoms with van der Waals surface area (Å²) in [4.78, 5) is 0. The molecule has 0 spiro atoms. The van der Waals surface area contributed by atoms with Crippen LogP contribution in [0.2, 0.25) is 0 Å². The second kappa shape index (κ2) is 8.82. The Labute approximate surface area is 196 Å². The zero-order chi connectivity index (χ0) is 25.0. The first kappa shape index (κ1) is 28.1. The third-order valence-corrected chi connectivity index (χ3v) is 6.85. The minimum Gasteiger partial charge on any atom is -0.376 e. The van der Waals surface area contributed by atoms with Crippen molar-refractivity contribution < 1.29 is 45.3 Å². The number of hydrogen-bond donors (Lipinski definition) is 2. The van der Waals surface area contributed by atoms with Crippen molar-refractivity contribution in [3.63, 3.8) is 0 Å². The highest BCUT2D eigenvalue weighted by molar-refractivity contribution is 6.27. The van der Waals surface area contributed by atoms with Crippen LogP contribution in [0.3, 0.4) is 0 Å². The molecule has 0 aliphatic heterocycles. The quantitative estimate of drug-likeness (QED) is 0.222. The largest absolute Gasteiger partial charge is 0.376 e. The van der Waals surface area contributed by atoms with Gasteiger partial charge in [-0.05, 0) is 84.9 Å². The minimum absolute atomic E-state index is 0.0243. The van der Waals surface area contributed by atoms with Gasteiger partial charge in [0.25, 0.3) is 0 Å². The first-order chi connectivity index (χ1) is 14.2. The SMILES string of the molecule is OC(C1CCC/C1=N\N=C1/CCCC1C(O)(C(F)(F)Cl)C(F)(F)Cl)(C(F)(F)Cl)C(F)(F)Cl. The van der Waals surface area contributed by atoms with Gasteiger partial charge in [0.1, 0.15) is 0 Å². The summed E-state index contributed by atoms with van der Waals surface area (Å²) < 4.78 is 110. The summed E-state index contributed by atoms with van der Waals surface area (Å²) in [5.41, 5.74) is -9.66. The monoisotopic (exact) mass is 560 g/mol. The van der Waals surface area contributed by atoms with Crippen LogP contribution >= 0.6 is 46.4 Å². The molecule has 2 fully saturated rings. The molecule has 2 saturated carbocycles. The van der Waals surface area contributed by atoms with Crippen LogP contribution in [-0.2, 0) is 0 Å². The van der Waals surface area contributed by atoms with E-state index in [0.29, 0.717) is 0 Å². The minimum atomic E-state index is -4.92. The van der Waals surface area contributed by atoms with Gasteiger partial charge in [-0.2, -0.15) is 45.3 Å². The van der Waals surface area contributed by atoms with Gasteiger partial charge in [0.15, 0.2) is 0 Å².